The maximum Gasteiger partial charge on any atom is 0.257 e. The molecule has 0 saturated heterocycles. The number of ether oxygens (including phenoxy) is 1. The Labute approximate surface area is 112 Å². The number of nitrogens with one attached hydrogen (secondary N) is 2. The second kappa shape index (κ2) is 6.95. The largest absolute Gasteiger partial charge is 0.385 e. The summed E-state index contributed by atoms with van der Waals surface area (Å²) in [6.45, 7) is 1.67. The van der Waals surface area contributed by atoms with Gasteiger partial charge in [-0.2, -0.15) is 0 Å². The van der Waals surface area contributed by atoms with E-state index in [2.05, 4.69) is 10.3 Å². The number of fused-ring (bicyclic) bond motifs is 1. The zero-order chi connectivity index (χ0) is 13.5. The van der Waals surface area contributed by atoms with Crippen molar-refractivity contribution in [3.05, 3.63) is 40.7 Å². The Morgan fingerprint density at radius 2 is 2.05 bits per heavy atom. The van der Waals surface area contributed by atoms with Crippen LogP contribution in [0.2, 0.25) is 0 Å². The number of benzene rings is 1. The van der Waals surface area contributed by atoms with Gasteiger partial charge in [0.15, 0.2) is 0 Å². The number of aromatic nitrogens is 1. The molecule has 2 aromatic rings. The lowest BCUT2D eigenvalue weighted by molar-refractivity contribution is 0.192. The molecule has 19 heavy (non-hydrogen) atoms. The Balaban J connectivity index is 1.92. The van der Waals surface area contributed by atoms with Crippen LogP contribution in [-0.2, 0) is 4.74 Å². The molecule has 4 nitrogen and oxygen atoms in total. The minimum atomic E-state index is -0.0417. The molecule has 2 N–H and O–H groups in total. The quantitative estimate of drug-likeness (QED) is 0.753. The van der Waals surface area contributed by atoms with E-state index in [1.54, 1.807) is 7.11 Å². The highest BCUT2D eigenvalue weighted by Crippen LogP contribution is 2.12. The summed E-state index contributed by atoms with van der Waals surface area (Å²) in [5.41, 5.74) is -0.0417. The number of anilines is 1. The minimum absolute atomic E-state index is 0.0417. The fraction of sp³-hybridized carbons (Fsp3) is 0.400. The van der Waals surface area contributed by atoms with Gasteiger partial charge < -0.3 is 15.0 Å². The van der Waals surface area contributed by atoms with Crippen LogP contribution < -0.4 is 10.9 Å². The second-order valence-corrected chi connectivity index (χ2v) is 4.58. The molecular weight excluding hydrogens is 240 g/mol. The highest BCUT2D eigenvalue weighted by atomic mass is 16.5. The third kappa shape index (κ3) is 3.83. The van der Waals surface area contributed by atoms with Crippen molar-refractivity contribution in [2.75, 3.05) is 25.6 Å². The molecule has 102 valence electrons. The maximum atomic E-state index is 11.9. The Bertz CT molecular complexity index is 578. The third-order valence-electron chi connectivity index (χ3n) is 3.09. The highest BCUT2D eigenvalue weighted by Gasteiger charge is 2.00. The molecule has 0 radical (unpaired) electrons. The van der Waals surface area contributed by atoms with Crippen molar-refractivity contribution in [2.45, 2.75) is 19.3 Å². The van der Waals surface area contributed by atoms with Gasteiger partial charge in [-0.3, -0.25) is 4.79 Å². The van der Waals surface area contributed by atoms with Gasteiger partial charge in [-0.1, -0.05) is 18.2 Å². The number of H-pyrrole nitrogens is 1. The predicted molar refractivity (Wildman–Crippen MR) is 78.8 cm³/mol. The summed E-state index contributed by atoms with van der Waals surface area (Å²) in [6.07, 6.45) is 3.27. The number of rotatable bonds is 7. The molecule has 0 bridgehead atoms. The fourth-order valence-corrected chi connectivity index (χ4v) is 2.08. The van der Waals surface area contributed by atoms with Crippen molar-refractivity contribution in [1.29, 1.82) is 0 Å². The van der Waals surface area contributed by atoms with E-state index in [1.807, 2.05) is 30.3 Å². The summed E-state index contributed by atoms with van der Waals surface area (Å²) < 4.78 is 5.00. The molecule has 0 aliphatic carbocycles. The van der Waals surface area contributed by atoms with E-state index in [1.165, 1.54) is 0 Å². The SMILES string of the molecule is COCCCCCNc1cc2ccccc2c(=O)[nH]1. The average molecular weight is 260 g/mol. The normalized spacial score (nSPS) is 10.8. The number of methoxy groups -OCH3 is 1. The minimum Gasteiger partial charge on any atom is -0.385 e. The molecule has 0 aliphatic heterocycles. The van der Waals surface area contributed by atoms with Crippen LogP contribution in [0.5, 0.6) is 0 Å². The molecule has 0 amide bonds. The summed E-state index contributed by atoms with van der Waals surface area (Å²) in [6, 6.07) is 9.58. The van der Waals surface area contributed by atoms with Crippen molar-refractivity contribution < 1.29 is 4.74 Å². The number of pyridine rings is 1. The average Bonchev–Trinajstić information content (AvgIpc) is 2.43. The van der Waals surface area contributed by atoms with Gasteiger partial charge in [0, 0.05) is 25.6 Å². The van der Waals surface area contributed by atoms with Gasteiger partial charge in [-0.25, -0.2) is 0 Å². The van der Waals surface area contributed by atoms with Crippen molar-refractivity contribution in [3.8, 4) is 0 Å². The number of hydrogen-bond acceptors (Lipinski definition) is 3. The molecule has 0 aliphatic rings. The molecule has 0 unspecified atom stereocenters. The first kappa shape index (κ1) is 13.6. The first-order valence-electron chi connectivity index (χ1n) is 6.66. The van der Waals surface area contributed by atoms with Crippen LogP contribution in [0.4, 0.5) is 5.82 Å². The summed E-state index contributed by atoms with van der Waals surface area (Å²) in [5, 5.41) is 4.95. The zero-order valence-corrected chi connectivity index (χ0v) is 11.2. The van der Waals surface area contributed by atoms with E-state index in [-0.39, 0.29) is 5.56 Å². The Morgan fingerprint density at radius 3 is 2.89 bits per heavy atom. The first-order valence-corrected chi connectivity index (χ1v) is 6.66. The van der Waals surface area contributed by atoms with Crippen molar-refractivity contribution in [3.63, 3.8) is 0 Å². The second-order valence-electron chi connectivity index (χ2n) is 4.58. The highest BCUT2D eigenvalue weighted by molar-refractivity contribution is 5.83. The number of unbranched alkanes of at least 4 members (excludes halogenated alkanes) is 2. The number of hydrogen-bond donors (Lipinski definition) is 2. The molecule has 1 heterocycles. The Kier molecular flexibility index (Phi) is 4.98. The van der Waals surface area contributed by atoms with Crippen LogP contribution in [0, 0.1) is 0 Å². The van der Waals surface area contributed by atoms with Gasteiger partial charge in [0.2, 0.25) is 0 Å². The molecule has 0 fully saturated rings. The molecule has 0 spiro atoms. The monoisotopic (exact) mass is 260 g/mol. The fourth-order valence-electron chi connectivity index (χ4n) is 2.08. The van der Waals surface area contributed by atoms with Crippen LogP contribution in [-0.4, -0.2) is 25.2 Å². The molecule has 0 atom stereocenters. The smallest absolute Gasteiger partial charge is 0.257 e. The van der Waals surface area contributed by atoms with E-state index >= 15 is 0 Å². The molecule has 1 aromatic carbocycles. The van der Waals surface area contributed by atoms with E-state index < -0.39 is 0 Å². The van der Waals surface area contributed by atoms with Crippen LogP contribution in [0.25, 0.3) is 10.8 Å². The van der Waals surface area contributed by atoms with E-state index in [0.29, 0.717) is 0 Å². The lowest BCUT2D eigenvalue weighted by Crippen LogP contribution is -2.11. The lowest BCUT2D eigenvalue weighted by Gasteiger charge is -2.07. The number of aromatic amines is 1. The Hall–Kier alpha value is -1.81. The molecule has 4 heteroatoms. The van der Waals surface area contributed by atoms with Gasteiger partial charge in [-0.15, -0.1) is 0 Å². The van der Waals surface area contributed by atoms with Crippen LogP contribution >= 0.6 is 0 Å². The van der Waals surface area contributed by atoms with E-state index in [0.717, 1.165) is 49.0 Å². The maximum absolute atomic E-state index is 11.9. The summed E-state index contributed by atoms with van der Waals surface area (Å²) in [4.78, 5) is 14.7. The summed E-state index contributed by atoms with van der Waals surface area (Å²) in [5.74, 6) is 0.787. The molecular formula is C15H20N2O2. The van der Waals surface area contributed by atoms with Crippen molar-refractivity contribution >= 4 is 16.6 Å². The van der Waals surface area contributed by atoms with Crippen LogP contribution in [0.1, 0.15) is 19.3 Å². The van der Waals surface area contributed by atoms with E-state index in [9.17, 15) is 4.79 Å². The van der Waals surface area contributed by atoms with Gasteiger partial charge in [-0.05, 0) is 36.8 Å². The summed E-state index contributed by atoms with van der Waals surface area (Å²) >= 11 is 0. The lowest BCUT2D eigenvalue weighted by atomic mass is 10.2. The molecule has 1 aromatic heterocycles. The van der Waals surface area contributed by atoms with Gasteiger partial charge >= 0.3 is 0 Å². The Morgan fingerprint density at radius 1 is 1.21 bits per heavy atom. The van der Waals surface area contributed by atoms with Gasteiger partial charge in [0.05, 0.1) is 0 Å². The third-order valence-corrected chi connectivity index (χ3v) is 3.09. The first-order chi connectivity index (χ1) is 9.31. The van der Waals surface area contributed by atoms with Crippen molar-refractivity contribution in [2.24, 2.45) is 0 Å². The zero-order valence-electron chi connectivity index (χ0n) is 11.2. The topological polar surface area (TPSA) is 54.1 Å². The van der Waals surface area contributed by atoms with E-state index in [4.69, 9.17) is 4.74 Å². The molecule has 0 saturated carbocycles. The standard InChI is InChI=1S/C15H20N2O2/c1-19-10-6-2-5-9-16-14-11-12-7-3-4-8-13(12)15(18)17-14/h3-4,7-8,11H,2,5-6,9-10H2,1H3,(H2,16,17,18). The van der Waals surface area contributed by atoms with Crippen molar-refractivity contribution in [1.82, 2.24) is 4.98 Å². The molecule has 2 rings (SSSR count). The van der Waals surface area contributed by atoms with Gasteiger partial charge in [0.25, 0.3) is 5.56 Å². The summed E-state index contributed by atoms with van der Waals surface area (Å²) in [7, 11) is 1.72. The predicted octanol–water partition coefficient (Wildman–Crippen LogP) is 2.76. The van der Waals surface area contributed by atoms with Crippen LogP contribution in [0.15, 0.2) is 35.1 Å². The van der Waals surface area contributed by atoms with Crippen LogP contribution in [0.3, 0.4) is 0 Å². The van der Waals surface area contributed by atoms with Gasteiger partial charge in [0.1, 0.15) is 5.82 Å².